The van der Waals surface area contributed by atoms with E-state index >= 15 is 0 Å². The Balaban J connectivity index is 1.97. The minimum atomic E-state index is -4.06. The van der Waals surface area contributed by atoms with Gasteiger partial charge in [0.1, 0.15) is 5.82 Å². The Labute approximate surface area is 144 Å². The quantitative estimate of drug-likeness (QED) is 0.668. The second-order valence-electron chi connectivity index (χ2n) is 5.59. The van der Waals surface area contributed by atoms with Crippen molar-refractivity contribution in [1.82, 2.24) is 0 Å². The van der Waals surface area contributed by atoms with Gasteiger partial charge in [-0.05, 0) is 36.4 Å². The van der Waals surface area contributed by atoms with Crippen LogP contribution in [0.3, 0.4) is 0 Å². The van der Waals surface area contributed by atoms with Crippen molar-refractivity contribution in [3.05, 3.63) is 84.2 Å². The average Bonchev–Trinajstić information content (AvgIpc) is 2.62. The maximum atomic E-state index is 13.1. The van der Waals surface area contributed by atoms with Crippen molar-refractivity contribution in [3.63, 3.8) is 0 Å². The van der Waals surface area contributed by atoms with Gasteiger partial charge in [0.2, 0.25) is 0 Å². The van der Waals surface area contributed by atoms with Crippen molar-refractivity contribution in [3.8, 4) is 11.1 Å². The molecule has 0 N–H and O–H groups in total. The Morgan fingerprint density at radius 3 is 2.12 bits per heavy atom. The Bertz CT molecular complexity index is 1090. The molecular weight excluding hydrogens is 341 g/mol. The number of fused-ring (bicyclic) bond motifs is 3. The Morgan fingerprint density at radius 2 is 1.40 bits per heavy atom. The lowest BCUT2D eigenvalue weighted by atomic mass is 10.0. The van der Waals surface area contributed by atoms with E-state index in [4.69, 9.17) is 0 Å². The number of carbonyl (C=O) groups is 1. The zero-order chi connectivity index (χ0) is 17.6. The second kappa shape index (κ2) is 5.53. The topological polar surface area (TPSA) is 54.5 Å². The van der Waals surface area contributed by atoms with Crippen LogP contribution in [0.15, 0.2) is 77.7 Å². The molecule has 0 aromatic heterocycles. The number of para-hydroxylation sites is 1. The molecule has 25 heavy (non-hydrogen) atoms. The van der Waals surface area contributed by atoms with Crippen LogP contribution in [0.4, 0.5) is 10.1 Å². The van der Waals surface area contributed by atoms with Gasteiger partial charge in [-0.15, -0.1) is 0 Å². The largest absolute Gasteiger partial charge is 0.272 e. The molecule has 6 heteroatoms. The summed E-state index contributed by atoms with van der Waals surface area (Å²) >= 11 is 0. The minimum Gasteiger partial charge on any atom is -0.268 e. The monoisotopic (exact) mass is 353 g/mol. The highest BCUT2D eigenvalue weighted by atomic mass is 32.2. The van der Waals surface area contributed by atoms with Gasteiger partial charge < -0.3 is 0 Å². The third-order valence-corrected chi connectivity index (χ3v) is 5.85. The van der Waals surface area contributed by atoms with Gasteiger partial charge in [0.25, 0.3) is 15.9 Å². The molecule has 0 atom stereocenters. The SMILES string of the molecule is O=C(c1ccc(F)cc1)N1c2ccccc2-c2ccccc2S1(=O)=O. The fraction of sp³-hybridized carbons (Fsp3) is 0. The van der Waals surface area contributed by atoms with Gasteiger partial charge in [0.05, 0.1) is 10.6 Å². The van der Waals surface area contributed by atoms with Gasteiger partial charge in [-0.3, -0.25) is 4.79 Å². The number of benzene rings is 3. The van der Waals surface area contributed by atoms with Crippen molar-refractivity contribution >= 4 is 21.6 Å². The molecule has 3 aromatic carbocycles. The lowest BCUT2D eigenvalue weighted by molar-refractivity contribution is 0.100. The Morgan fingerprint density at radius 1 is 0.800 bits per heavy atom. The summed E-state index contributed by atoms with van der Waals surface area (Å²) in [6, 6.07) is 18.2. The summed E-state index contributed by atoms with van der Waals surface area (Å²) in [4.78, 5) is 13.0. The van der Waals surface area contributed by atoms with Crippen molar-refractivity contribution in [2.75, 3.05) is 4.31 Å². The maximum absolute atomic E-state index is 13.1. The van der Waals surface area contributed by atoms with Gasteiger partial charge in [0.15, 0.2) is 0 Å². The minimum absolute atomic E-state index is 0.0733. The number of hydrogen-bond donors (Lipinski definition) is 0. The van der Waals surface area contributed by atoms with Crippen molar-refractivity contribution in [2.24, 2.45) is 0 Å². The van der Waals surface area contributed by atoms with E-state index in [2.05, 4.69) is 0 Å². The normalized spacial score (nSPS) is 14.5. The van der Waals surface area contributed by atoms with Crippen LogP contribution in [0.5, 0.6) is 0 Å². The molecular formula is C19H12FNO3S. The predicted molar refractivity (Wildman–Crippen MR) is 92.3 cm³/mol. The third kappa shape index (κ3) is 2.34. The summed E-state index contributed by atoms with van der Waals surface area (Å²) in [7, 11) is -4.06. The van der Waals surface area contributed by atoms with Gasteiger partial charge in [-0.1, -0.05) is 36.4 Å². The molecule has 1 aliphatic heterocycles. The summed E-state index contributed by atoms with van der Waals surface area (Å²) in [5.41, 5.74) is 1.60. The number of carbonyl (C=O) groups excluding carboxylic acids is 1. The zero-order valence-corrected chi connectivity index (χ0v) is 13.7. The summed E-state index contributed by atoms with van der Waals surface area (Å²) < 4.78 is 40.1. The number of anilines is 1. The maximum Gasteiger partial charge on any atom is 0.272 e. The molecule has 1 heterocycles. The summed E-state index contributed by atoms with van der Waals surface area (Å²) in [5.74, 6) is -1.22. The smallest absolute Gasteiger partial charge is 0.268 e. The Hall–Kier alpha value is -2.99. The number of rotatable bonds is 1. The number of sulfonamides is 1. The zero-order valence-electron chi connectivity index (χ0n) is 12.9. The first-order valence-electron chi connectivity index (χ1n) is 7.54. The lowest BCUT2D eigenvalue weighted by Crippen LogP contribution is -2.39. The fourth-order valence-corrected chi connectivity index (χ4v) is 4.59. The number of amides is 1. The van der Waals surface area contributed by atoms with Crippen LogP contribution in [-0.2, 0) is 10.0 Å². The highest BCUT2D eigenvalue weighted by Gasteiger charge is 2.39. The first-order valence-corrected chi connectivity index (χ1v) is 8.98. The van der Waals surface area contributed by atoms with Gasteiger partial charge in [-0.25, -0.2) is 12.8 Å². The third-order valence-electron chi connectivity index (χ3n) is 4.09. The summed E-state index contributed by atoms with van der Waals surface area (Å²) in [6.07, 6.45) is 0. The molecule has 0 fully saturated rings. The van der Waals surface area contributed by atoms with Crippen LogP contribution in [0.1, 0.15) is 10.4 Å². The van der Waals surface area contributed by atoms with Crippen molar-refractivity contribution < 1.29 is 17.6 Å². The van der Waals surface area contributed by atoms with E-state index in [0.717, 1.165) is 16.4 Å². The molecule has 1 aliphatic rings. The van der Waals surface area contributed by atoms with E-state index in [9.17, 15) is 17.6 Å². The van der Waals surface area contributed by atoms with Gasteiger partial charge in [-0.2, -0.15) is 4.31 Å². The van der Waals surface area contributed by atoms with Crippen molar-refractivity contribution in [2.45, 2.75) is 4.90 Å². The second-order valence-corrected chi connectivity index (χ2v) is 7.35. The molecule has 0 saturated heterocycles. The highest BCUT2D eigenvalue weighted by Crippen LogP contribution is 2.43. The number of halogens is 1. The van der Waals surface area contributed by atoms with Crippen LogP contribution in [0.25, 0.3) is 11.1 Å². The van der Waals surface area contributed by atoms with Gasteiger partial charge in [0, 0.05) is 16.7 Å². The highest BCUT2D eigenvalue weighted by molar-refractivity contribution is 7.93. The first kappa shape index (κ1) is 15.5. The van der Waals surface area contributed by atoms with Crippen LogP contribution in [0, 0.1) is 5.82 Å². The summed E-state index contributed by atoms with van der Waals surface area (Å²) in [6.45, 7) is 0. The molecule has 0 spiro atoms. The molecule has 0 aliphatic carbocycles. The molecule has 4 rings (SSSR count). The van der Waals surface area contributed by atoms with Gasteiger partial charge >= 0.3 is 0 Å². The number of hydrogen-bond acceptors (Lipinski definition) is 3. The molecule has 0 bridgehead atoms. The fourth-order valence-electron chi connectivity index (χ4n) is 2.95. The predicted octanol–water partition coefficient (Wildman–Crippen LogP) is 3.84. The summed E-state index contributed by atoms with van der Waals surface area (Å²) in [5, 5.41) is 0. The number of nitrogens with zero attached hydrogens (tertiary/aromatic N) is 1. The van der Waals surface area contributed by atoms with E-state index in [-0.39, 0.29) is 16.1 Å². The average molecular weight is 353 g/mol. The molecule has 0 radical (unpaired) electrons. The molecule has 1 amide bonds. The molecule has 3 aromatic rings. The molecule has 124 valence electrons. The van der Waals surface area contributed by atoms with Crippen LogP contribution in [0.2, 0.25) is 0 Å². The van der Waals surface area contributed by atoms with Crippen LogP contribution >= 0.6 is 0 Å². The van der Waals surface area contributed by atoms with Crippen LogP contribution < -0.4 is 4.31 Å². The molecule has 0 unspecified atom stereocenters. The first-order chi connectivity index (χ1) is 12.0. The van der Waals surface area contributed by atoms with Crippen LogP contribution in [-0.4, -0.2) is 14.3 Å². The van der Waals surface area contributed by atoms with E-state index < -0.39 is 21.7 Å². The lowest BCUT2D eigenvalue weighted by Gasteiger charge is -2.30. The molecule has 0 saturated carbocycles. The van der Waals surface area contributed by atoms with Crippen molar-refractivity contribution in [1.29, 1.82) is 0 Å². The molecule has 4 nitrogen and oxygen atoms in total. The van der Waals surface area contributed by atoms with E-state index in [1.54, 1.807) is 42.5 Å². The van der Waals surface area contributed by atoms with E-state index in [1.165, 1.54) is 18.2 Å². The van der Waals surface area contributed by atoms with E-state index in [1.807, 2.05) is 0 Å². The van der Waals surface area contributed by atoms with E-state index in [0.29, 0.717) is 11.1 Å². The Kier molecular flexibility index (Phi) is 3.43. The standard InChI is InChI=1S/C19H12FNO3S/c20-14-11-9-13(10-12-14)19(22)21-17-7-3-1-5-15(17)16-6-2-4-8-18(16)25(21,23)24/h1-12H.